The van der Waals surface area contributed by atoms with Gasteiger partial charge < -0.3 is 4.42 Å². The number of hydrogen-bond acceptors (Lipinski definition) is 9. The van der Waals surface area contributed by atoms with Gasteiger partial charge in [-0.3, -0.25) is 19.8 Å². The van der Waals surface area contributed by atoms with E-state index in [9.17, 15) is 24.9 Å². The number of hydrogen-bond donors (Lipinski definition) is 1. The summed E-state index contributed by atoms with van der Waals surface area (Å²) in [6, 6.07) is 8.90. The van der Waals surface area contributed by atoms with E-state index in [1.807, 2.05) is 12.1 Å². The maximum atomic E-state index is 13.6. The number of allylic oxidation sites excluding steroid dienone is 2. The minimum Gasteiger partial charge on any atom is -0.463 e. The summed E-state index contributed by atoms with van der Waals surface area (Å²) < 4.78 is 6.74. The van der Waals surface area contributed by atoms with Crippen molar-refractivity contribution < 1.29 is 9.21 Å². The van der Waals surface area contributed by atoms with Crippen molar-refractivity contribution in [2.24, 2.45) is 4.99 Å². The van der Waals surface area contributed by atoms with Gasteiger partial charge in [-0.2, -0.15) is 15.2 Å². The van der Waals surface area contributed by atoms with E-state index in [-0.39, 0.29) is 44.3 Å². The van der Waals surface area contributed by atoms with E-state index in [1.54, 1.807) is 37.5 Å². The molecule has 0 radical (unpaired) electrons. The van der Waals surface area contributed by atoms with Crippen LogP contribution in [0.3, 0.4) is 0 Å². The van der Waals surface area contributed by atoms with E-state index in [0.29, 0.717) is 17.7 Å². The van der Waals surface area contributed by atoms with Gasteiger partial charge in [0.15, 0.2) is 11.6 Å². The number of rotatable bonds is 4. The Bertz CT molecular complexity index is 1750. The molecule has 10 heteroatoms. The molecule has 0 bridgehead atoms. The third-order valence-electron chi connectivity index (χ3n) is 5.71. The number of thioether (sulfide) groups is 1. The van der Waals surface area contributed by atoms with Crippen molar-refractivity contribution in [3.8, 4) is 23.3 Å². The Morgan fingerprint density at radius 3 is 2.61 bits per heavy atom. The van der Waals surface area contributed by atoms with Crippen LogP contribution in [0.25, 0.3) is 22.1 Å². The highest BCUT2D eigenvalue weighted by molar-refractivity contribution is 8.14. The highest BCUT2D eigenvalue weighted by Crippen LogP contribution is 2.34. The molecule has 9 nitrogen and oxygen atoms in total. The first kappa shape index (κ1) is 24.5. The number of aliphatic imine (C=N–C) groups is 1. The van der Waals surface area contributed by atoms with Crippen molar-refractivity contribution in [2.75, 3.05) is 11.7 Å². The first-order valence-corrected chi connectivity index (χ1v) is 11.9. The number of carbonyl (C=O) groups excluding carboxylic acids is 1. The molecule has 0 fully saturated rings. The molecule has 0 saturated carbocycles. The Balaban J connectivity index is 2.14. The Morgan fingerprint density at radius 1 is 1.28 bits per heavy atom. The van der Waals surface area contributed by atoms with Gasteiger partial charge in [0, 0.05) is 11.3 Å². The third kappa shape index (κ3) is 3.74. The lowest BCUT2D eigenvalue weighted by Gasteiger charge is -2.16. The lowest BCUT2D eigenvalue weighted by molar-refractivity contribution is -0.113. The van der Waals surface area contributed by atoms with E-state index in [1.165, 1.54) is 6.92 Å². The summed E-state index contributed by atoms with van der Waals surface area (Å²) in [5.41, 5.74) is 2.24. The fourth-order valence-electron chi connectivity index (χ4n) is 4.16. The number of aromatic nitrogens is 1. The van der Waals surface area contributed by atoms with Crippen LogP contribution < -0.4 is 16.4 Å². The van der Waals surface area contributed by atoms with Crippen molar-refractivity contribution in [3.05, 3.63) is 85.7 Å². The zero-order valence-electron chi connectivity index (χ0n) is 19.6. The fourth-order valence-corrected chi connectivity index (χ4v) is 4.84. The molecule has 0 aliphatic carbocycles. The van der Waals surface area contributed by atoms with Crippen molar-refractivity contribution >= 4 is 39.4 Å². The molecule has 178 valence electrons. The minimum atomic E-state index is -0.824. The van der Waals surface area contributed by atoms with Gasteiger partial charge in [-0.15, -0.1) is 18.3 Å². The fraction of sp³-hybridized carbons (Fsp3) is 0.154. The number of carbonyl (C=O) groups is 1. The van der Waals surface area contributed by atoms with Crippen LogP contribution in [0.1, 0.15) is 30.5 Å². The predicted molar refractivity (Wildman–Crippen MR) is 139 cm³/mol. The first-order valence-electron chi connectivity index (χ1n) is 10.7. The molecule has 1 N–H and O–H groups in total. The Kier molecular flexibility index (Phi) is 6.47. The lowest BCUT2D eigenvalue weighted by atomic mass is 9.96. The van der Waals surface area contributed by atoms with E-state index in [2.05, 4.69) is 17.0 Å². The molecule has 0 spiro atoms. The molecular formula is C26H19N5O4S. The second kappa shape index (κ2) is 9.53. The van der Waals surface area contributed by atoms with Crippen LogP contribution in [0.4, 0.5) is 5.82 Å². The van der Waals surface area contributed by atoms with Gasteiger partial charge in [-0.05, 0) is 38.2 Å². The predicted octanol–water partition coefficient (Wildman–Crippen LogP) is 3.91. The van der Waals surface area contributed by atoms with E-state index >= 15 is 0 Å². The summed E-state index contributed by atoms with van der Waals surface area (Å²) in [4.78, 5) is 43.8. The molecule has 4 rings (SSSR count). The molecule has 36 heavy (non-hydrogen) atoms. The number of benzene rings is 1. The monoisotopic (exact) mass is 497 g/mol. The van der Waals surface area contributed by atoms with Gasteiger partial charge in [0.05, 0.1) is 16.5 Å². The molecule has 1 aromatic carbocycles. The van der Waals surface area contributed by atoms with Crippen molar-refractivity contribution in [1.29, 1.82) is 10.5 Å². The van der Waals surface area contributed by atoms with Crippen LogP contribution in [-0.2, 0) is 11.2 Å². The molecule has 0 amide bonds. The number of para-hydroxylation sites is 1. The average Bonchev–Trinajstić information content (AvgIpc) is 3.01. The lowest BCUT2D eigenvalue weighted by Crippen LogP contribution is -2.31. The minimum absolute atomic E-state index is 0.117. The van der Waals surface area contributed by atoms with Crippen molar-refractivity contribution in [2.45, 2.75) is 20.3 Å². The number of nitrogens with zero attached hydrogens (tertiary/aromatic N) is 4. The highest BCUT2D eigenvalue weighted by atomic mass is 32.2. The van der Waals surface area contributed by atoms with Crippen LogP contribution in [0.2, 0.25) is 0 Å². The molecule has 0 unspecified atom stereocenters. The van der Waals surface area contributed by atoms with Gasteiger partial charge in [0.1, 0.15) is 40.2 Å². The molecule has 0 saturated heterocycles. The number of pyridine rings is 1. The van der Waals surface area contributed by atoms with Crippen LogP contribution in [0.5, 0.6) is 0 Å². The molecule has 2 aromatic heterocycles. The Hall–Kier alpha value is -4.67. The maximum absolute atomic E-state index is 13.6. The second-order valence-corrected chi connectivity index (χ2v) is 8.66. The zero-order valence-corrected chi connectivity index (χ0v) is 20.4. The van der Waals surface area contributed by atoms with Gasteiger partial charge in [0.25, 0.3) is 5.56 Å². The Morgan fingerprint density at radius 2 is 2.00 bits per heavy atom. The average molecular weight is 498 g/mol. The quantitative estimate of drug-likeness (QED) is 0.535. The number of nitrogens with one attached hydrogen (secondary N) is 1. The van der Waals surface area contributed by atoms with E-state index in [0.717, 1.165) is 28.3 Å². The summed E-state index contributed by atoms with van der Waals surface area (Å²) in [5, 5.41) is 20.6. The number of Topliss-reactive ketones (excluding diaryl/α,β-unsaturated/α-hetero) is 1. The molecule has 0 atom stereocenters. The summed E-state index contributed by atoms with van der Waals surface area (Å²) in [6.07, 6.45) is 5.00. The normalized spacial score (nSPS) is 12.6. The molecule has 3 heterocycles. The van der Waals surface area contributed by atoms with Gasteiger partial charge >= 0.3 is 0 Å². The molecular weight excluding hydrogens is 478 g/mol. The summed E-state index contributed by atoms with van der Waals surface area (Å²) in [5.74, 6) is -0.421. The SMILES string of the molecule is C=CCc1cccc2c(=O)c(-c3c(C#N)c4n(c(=O)c3C#N)NC(C)=C(C(C)=O)C(SC)=N4)coc12. The smallest absolute Gasteiger partial charge is 0.289 e. The number of ketones is 1. The summed E-state index contributed by atoms with van der Waals surface area (Å²) in [7, 11) is 0. The first-order chi connectivity index (χ1) is 17.3. The van der Waals surface area contributed by atoms with Crippen LogP contribution in [-0.4, -0.2) is 21.8 Å². The van der Waals surface area contributed by atoms with Crippen molar-refractivity contribution in [3.63, 3.8) is 0 Å². The molecule has 1 aliphatic heterocycles. The number of fused-ring (bicyclic) bond motifs is 2. The summed E-state index contributed by atoms with van der Waals surface area (Å²) in [6.45, 7) is 6.67. The summed E-state index contributed by atoms with van der Waals surface area (Å²) >= 11 is 1.16. The standard InChI is InChI=1S/C26H19N5O4S/c1-5-7-15-8-6-9-16-22(33)19(12-35-23(15)16)21-17(10-27)24-29-25(36-4)20(14(3)32)13(2)30-31(24)26(34)18(21)11-28/h5-6,8-9,12,30H,1,7H2,2-4H3. The molecule has 3 aromatic rings. The third-order valence-corrected chi connectivity index (χ3v) is 6.39. The number of nitriles is 2. The maximum Gasteiger partial charge on any atom is 0.289 e. The van der Waals surface area contributed by atoms with E-state index < -0.39 is 16.6 Å². The topological polar surface area (TPSA) is 141 Å². The second-order valence-electron chi connectivity index (χ2n) is 7.87. The Labute approximate surface area is 209 Å². The zero-order chi connectivity index (χ0) is 26.1. The van der Waals surface area contributed by atoms with Crippen LogP contribution >= 0.6 is 11.8 Å². The van der Waals surface area contributed by atoms with Gasteiger partial charge in [-0.25, -0.2) is 4.99 Å². The van der Waals surface area contributed by atoms with Gasteiger partial charge in [-0.1, -0.05) is 18.2 Å². The molecule has 1 aliphatic rings. The highest BCUT2D eigenvalue weighted by Gasteiger charge is 2.29. The van der Waals surface area contributed by atoms with E-state index in [4.69, 9.17) is 4.42 Å². The van der Waals surface area contributed by atoms with Crippen LogP contribution in [0, 0.1) is 22.7 Å². The van der Waals surface area contributed by atoms with Crippen LogP contribution in [0.15, 0.2) is 67.4 Å². The van der Waals surface area contributed by atoms with Crippen molar-refractivity contribution in [1.82, 2.24) is 4.68 Å². The van der Waals surface area contributed by atoms with Gasteiger partial charge in [0.2, 0.25) is 5.43 Å². The largest absolute Gasteiger partial charge is 0.463 e.